The third-order valence-corrected chi connectivity index (χ3v) is 5.73. The van der Waals surface area contributed by atoms with Crippen molar-refractivity contribution >= 4 is 52.2 Å². The molecule has 1 aliphatic rings. The molecule has 4 rings (SSSR count). The van der Waals surface area contributed by atoms with E-state index in [9.17, 15) is 18.0 Å². The Balaban J connectivity index is 1.91. The molecular formula is C20H10Cl2F3NOS. The Labute approximate surface area is 172 Å². The maximum Gasteiger partial charge on any atom is 0.416 e. The summed E-state index contributed by atoms with van der Waals surface area (Å²) in [6.07, 6.45) is -4.52. The van der Waals surface area contributed by atoms with E-state index in [0.717, 1.165) is 17.0 Å². The molecule has 3 aromatic rings. The Morgan fingerprint density at radius 3 is 2.18 bits per heavy atom. The van der Waals surface area contributed by atoms with Gasteiger partial charge in [0.05, 0.1) is 16.9 Å². The predicted molar refractivity (Wildman–Crippen MR) is 105 cm³/mol. The van der Waals surface area contributed by atoms with Gasteiger partial charge in [0.15, 0.2) is 0 Å². The first-order valence-corrected chi connectivity index (χ1v) is 9.60. The van der Waals surface area contributed by atoms with E-state index >= 15 is 0 Å². The van der Waals surface area contributed by atoms with E-state index in [4.69, 9.17) is 23.2 Å². The van der Waals surface area contributed by atoms with Gasteiger partial charge in [-0.2, -0.15) is 13.2 Å². The van der Waals surface area contributed by atoms with Crippen molar-refractivity contribution in [1.82, 2.24) is 0 Å². The van der Waals surface area contributed by atoms with Gasteiger partial charge >= 0.3 is 6.18 Å². The molecule has 1 aliphatic heterocycles. The summed E-state index contributed by atoms with van der Waals surface area (Å²) in [5.41, 5.74) is 0.0239. The molecule has 0 saturated heterocycles. The Morgan fingerprint density at radius 1 is 0.857 bits per heavy atom. The average molecular weight is 440 g/mol. The highest BCUT2D eigenvalue weighted by molar-refractivity contribution is 7.99. The maximum atomic E-state index is 13.3. The number of hydrogen-bond donors (Lipinski definition) is 0. The van der Waals surface area contributed by atoms with Crippen molar-refractivity contribution in [3.05, 3.63) is 81.8 Å². The molecule has 0 atom stereocenters. The Morgan fingerprint density at radius 2 is 1.50 bits per heavy atom. The molecule has 0 unspecified atom stereocenters. The number of benzene rings is 3. The van der Waals surface area contributed by atoms with Crippen LogP contribution in [0.1, 0.15) is 15.9 Å². The summed E-state index contributed by atoms with van der Waals surface area (Å²) in [7, 11) is 0. The minimum atomic E-state index is -4.52. The quantitative estimate of drug-likeness (QED) is 0.392. The lowest BCUT2D eigenvalue weighted by Crippen LogP contribution is -2.29. The molecule has 3 aromatic carbocycles. The lowest BCUT2D eigenvalue weighted by Gasteiger charge is -2.31. The van der Waals surface area contributed by atoms with Gasteiger partial charge in [-0.25, -0.2) is 0 Å². The molecular weight excluding hydrogens is 430 g/mol. The number of para-hydroxylation sites is 1. The molecule has 0 spiro atoms. The largest absolute Gasteiger partial charge is 0.416 e. The van der Waals surface area contributed by atoms with Crippen LogP contribution in [0.3, 0.4) is 0 Å². The summed E-state index contributed by atoms with van der Waals surface area (Å²) in [6, 6.07) is 14.8. The second-order valence-electron chi connectivity index (χ2n) is 6.05. The molecule has 0 radical (unpaired) electrons. The SMILES string of the molecule is O=C(c1cc(Cl)cc(Cl)c1)N1c2ccccc2Sc2ccc(C(F)(F)F)cc21. The van der Waals surface area contributed by atoms with Crippen molar-refractivity contribution in [2.45, 2.75) is 16.0 Å². The standard InChI is InChI=1S/C20H10Cl2F3NOS/c21-13-7-11(8-14(22)10-13)19(27)26-15-3-1-2-4-17(15)28-18-6-5-12(9-16(18)26)20(23,24)25/h1-10H. The molecule has 142 valence electrons. The van der Waals surface area contributed by atoms with Crippen molar-refractivity contribution < 1.29 is 18.0 Å². The van der Waals surface area contributed by atoms with Gasteiger partial charge < -0.3 is 0 Å². The zero-order valence-corrected chi connectivity index (χ0v) is 16.3. The Hall–Kier alpha value is -2.15. The van der Waals surface area contributed by atoms with Gasteiger partial charge in [0.2, 0.25) is 0 Å². The zero-order valence-electron chi connectivity index (χ0n) is 13.9. The van der Waals surface area contributed by atoms with Crippen LogP contribution in [-0.2, 0) is 6.18 Å². The van der Waals surface area contributed by atoms with E-state index < -0.39 is 17.6 Å². The number of nitrogens with zero attached hydrogens (tertiary/aromatic N) is 1. The third kappa shape index (κ3) is 3.48. The minimum Gasteiger partial charge on any atom is -0.275 e. The fourth-order valence-corrected chi connectivity index (χ4v) is 4.52. The number of amides is 1. The van der Waals surface area contributed by atoms with Crippen LogP contribution in [0.4, 0.5) is 24.5 Å². The summed E-state index contributed by atoms with van der Waals surface area (Å²) >= 11 is 13.3. The van der Waals surface area contributed by atoms with Gasteiger partial charge in [-0.15, -0.1) is 0 Å². The number of fused-ring (bicyclic) bond motifs is 2. The number of halogens is 5. The molecule has 8 heteroatoms. The highest BCUT2D eigenvalue weighted by Gasteiger charge is 2.35. The van der Waals surface area contributed by atoms with E-state index in [1.807, 2.05) is 6.07 Å². The molecule has 0 fully saturated rings. The van der Waals surface area contributed by atoms with Gasteiger partial charge in [0.1, 0.15) is 0 Å². The maximum absolute atomic E-state index is 13.3. The molecule has 28 heavy (non-hydrogen) atoms. The van der Waals surface area contributed by atoms with Crippen molar-refractivity contribution in [2.24, 2.45) is 0 Å². The van der Waals surface area contributed by atoms with E-state index in [1.165, 1.54) is 40.9 Å². The second-order valence-corrected chi connectivity index (χ2v) is 8.01. The van der Waals surface area contributed by atoms with Crippen LogP contribution < -0.4 is 4.90 Å². The van der Waals surface area contributed by atoms with Crippen LogP contribution in [0, 0.1) is 0 Å². The first kappa shape index (κ1) is 19.2. The van der Waals surface area contributed by atoms with E-state index in [1.54, 1.807) is 18.2 Å². The highest BCUT2D eigenvalue weighted by atomic mass is 35.5. The van der Waals surface area contributed by atoms with Crippen LogP contribution in [0.5, 0.6) is 0 Å². The number of alkyl halides is 3. The highest BCUT2D eigenvalue weighted by Crippen LogP contribution is 2.50. The van der Waals surface area contributed by atoms with Gasteiger partial charge in [-0.3, -0.25) is 9.69 Å². The van der Waals surface area contributed by atoms with Crippen LogP contribution >= 0.6 is 35.0 Å². The summed E-state index contributed by atoms with van der Waals surface area (Å²) in [5, 5.41) is 0.527. The fourth-order valence-electron chi connectivity index (χ4n) is 2.96. The lowest BCUT2D eigenvalue weighted by atomic mass is 10.1. The van der Waals surface area contributed by atoms with Crippen LogP contribution in [0.2, 0.25) is 10.0 Å². The van der Waals surface area contributed by atoms with E-state index in [-0.39, 0.29) is 21.3 Å². The van der Waals surface area contributed by atoms with Gasteiger partial charge in [-0.1, -0.05) is 47.1 Å². The molecule has 1 amide bonds. The zero-order chi connectivity index (χ0) is 20.1. The second kappa shape index (κ2) is 7.03. The van der Waals surface area contributed by atoms with E-state index in [2.05, 4.69) is 0 Å². The first-order valence-electron chi connectivity index (χ1n) is 8.03. The van der Waals surface area contributed by atoms with Crippen LogP contribution in [-0.4, -0.2) is 5.91 Å². The predicted octanol–water partition coefficient (Wildman–Crippen LogP) is 7.46. The van der Waals surface area contributed by atoms with Crippen molar-refractivity contribution in [1.29, 1.82) is 0 Å². The normalized spacial score (nSPS) is 13.1. The summed E-state index contributed by atoms with van der Waals surface area (Å²) in [5.74, 6) is -0.516. The minimum absolute atomic E-state index is 0.166. The molecule has 0 bridgehead atoms. The molecule has 0 N–H and O–H groups in total. The summed E-state index contributed by atoms with van der Waals surface area (Å²) < 4.78 is 39.8. The van der Waals surface area contributed by atoms with Crippen molar-refractivity contribution in [2.75, 3.05) is 4.90 Å². The monoisotopic (exact) mass is 439 g/mol. The average Bonchev–Trinajstić information content (AvgIpc) is 2.63. The van der Waals surface area contributed by atoms with Crippen LogP contribution in [0.25, 0.3) is 0 Å². The summed E-state index contributed by atoms with van der Waals surface area (Å²) in [6.45, 7) is 0. The number of carbonyl (C=O) groups is 1. The van der Waals surface area contributed by atoms with Gasteiger partial charge in [0, 0.05) is 25.4 Å². The topological polar surface area (TPSA) is 20.3 Å². The third-order valence-electron chi connectivity index (χ3n) is 4.17. The van der Waals surface area contributed by atoms with Crippen LogP contribution in [0.15, 0.2) is 70.5 Å². The number of anilines is 2. The first-order chi connectivity index (χ1) is 13.2. The molecule has 0 aromatic heterocycles. The van der Waals surface area contributed by atoms with Crippen molar-refractivity contribution in [3.8, 4) is 0 Å². The Bertz CT molecular complexity index is 1080. The number of carbonyl (C=O) groups excluding carboxylic acids is 1. The fraction of sp³-hybridized carbons (Fsp3) is 0.0500. The lowest BCUT2D eigenvalue weighted by molar-refractivity contribution is -0.137. The van der Waals surface area contributed by atoms with Gasteiger partial charge in [0.25, 0.3) is 5.91 Å². The molecule has 0 aliphatic carbocycles. The number of rotatable bonds is 1. The Kier molecular flexibility index (Phi) is 4.81. The molecule has 2 nitrogen and oxygen atoms in total. The number of hydrogen-bond acceptors (Lipinski definition) is 2. The smallest absolute Gasteiger partial charge is 0.275 e. The van der Waals surface area contributed by atoms with E-state index in [0.29, 0.717) is 10.6 Å². The molecule has 0 saturated carbocycles. The molecule has 1 heterocycles. The summed E-state index contributed by atoms with van der Waals surface area (Å²) in [4.78, 5) is 15.9. The van der Waals surface area contributed by atoms with Gasteiger partial charge in [-0.05, 0) is 48.5 Å². The van der Waals surface area contributed by atoms with Crippen molar-refractivity contribution in [3.63, 3.8) is 0 Å².